The van der Waals surface area contributed by atoms with Crippen LogP contribution in [-0.2, 0) is 24.3 Å². The number of carbonyl (C=O) groups is 1. The van der Waals surface area contributed by atoms with Crippen LogP contribution in [0.3, 0.4) is 0 Å². The standard InChI is InChI=1S/C24H32N2O3/c1-18-8-6-7-13-26(18)17-21-10-5-4-9-20(21)16-25-24(27)14-19-11-12-22(28-2)15-23(19)29-3/h4-5,9-12,15,18H,6-8,13-14,16-17H2,1-3H3,(H,25,27)/t18-/m0/s1. The third-order valence-corrected chi connectivity index (χ3v) is 5.75. The number of methoxy groups -OCH3 is 2. The molecule has 3 rings (SSSR count). The van der Waals surface area contributed by atoms with Crippen LogP contribution in [0.25, 0.3) is 0 Å². The molecule has 1 fully saturated rings. The van der Waals surface area contributed by atoms with Gasteiger partial charge in [-0.2, -0.15) is 0 Å². The maximum atomic E-state index is 12.6. The third kappa shape index (κ3) is 5.73. The monoisotopic (exact) mass is 396 g/mol. The summed E-state index contributed by atoms with van der Waals surface area (Å²) >= 11 is 0. The van der Waals surface area contributed by atoms with Crippen LogP contribution in [-0.4, -0.2) is 37.6 Å². The molecule has 0 aromatic heterocycles. The normalized spacial score (nSPS) is 17.0. The van der Waals surface area contributed by atoms with E-state index in [1.54, 1.807) is 20.3 Å². The molecule has 1 aliphatic heterocycles. The van der Waals surface area contributed by atoms with Gasteiger partial charge in [0.2, 0.25) is 5.91 Å². The highest BCUT2D eigenvalue weighted by Gasteiger charge is 2.19. The molecule has 1 aliphatic rings. The molecule has 0 aliphatic carbocycles. The number of benzene rings is 2. The van der Waals surface area contributed by atoms with Crippen LogP contribution < -0.4 is 14.8 Å². The minimum Gasteiger partial charge on any atom is -0.497 e. The van der Waals surface area contributed by atoms with Crippen LogP contribution in [0, 0.1) is 0 Å². The van der Waals surface area contributed by atoms with Gasteiger partial charge in [0.25, 0.3) is 0 Å². The molecule has 0 unspecified atom stereocenters. The van der Waals surface area contributed by atoms with Gasteiger partial charge in [-0.05, 0) is 43.5 Å². The van der Waals surface area contributed by atoms with E-state index in [4.69, 9.17) is 9.47 Å². The van der Waals surface area contributed by atoms with Gasteiger partial charge in [0, 0.05) is 30.8 Å². The fourth-order valence-electron chi connectivity index (χ4n) is 3.92. The Kier molecular flexibility index (Phi) is 7.53. The summed E-state index contributed by atoms with van der Waals surface area (Å²) in [5, 5.41) is 3.07. The zero-order chi connectivity index (χ0) is 20.6. The number of amides is 1. The van der Waals surface area contributed by atoms with Gasteiger partial charge in [-0.1, -0.05) is 36.8 Å². The minimum absolute atomic E-state index is 0.0189. The van der Waals surface area contributed by atoms with Crippen molar-refractivity contribution in [3.63, 3.8) is 0 Å². The molecule has 0 radical (unpaired) electrons. The molecule has 1 amide bonds. The van der Waals surface area contributed by atoms with Crippen molar-refractivity contribution in [2.75, 3.05) is 20.8 Å². The van der Waals surface area contributed by atoms with Crippen molar-refractivity contribution in [1.82, 2.24) is 10.2 Å². The maximum absolute atomic E-state index is 12.6. The second-order valence-electron chi connectivity index (χ2n) is 7.72. The van der Waals surface area contributed by atoms with Gasteiger partial charge in [-0.25, -0.2) is 0 Å². The predicted molar refractivity (Wildman–Crippen MR) is 115 cm³/mol. The van der Waals surface area contributed by atoms with Crippen LogP contribution in [0.5, 0.6) is 11.5 Å². The van der Waals surface area contributed by atoms with Gasteiger partial charge in [-0.15, -0.1) is 0 Å². The molecule has 0 spiro atoms. The Balaban J connectivity index is 1.61. The molecular formula is C24H32N2O3. The van der Waals surface area contributed by atoms with Crippen LogP contribution in [0.15, 0.2) is 42.5 Å². The number of nitrogens with one attached hydrogen (secondary N) is 1. The van der Waals surface area contributed by atoms with Crippen molar-refractivity contribution in [2.24, 2.45) is 0 Å². The molecule has 1 heterocycles. The summed E-state index contributed by atoms with van der Waals surface area (Å²) in [6.07, 6.45) is 4.14. The summed E-state index contributed by atoms with van der Waals surface area (Å²) < 4.78 is 10.6. The SMILES string of the molecule is COc1ccc(CC(=O)NCc2ccccc2CN2CCCC[C@@H]2C)c(OC)c1. The lowest BCUT2D eigenvalue weighted by atomic mass is 10.0. The molecule has 1 atom stereocenters. The first-order chi connectivity index (χ1) is 14.1. The van der Waals surface area contributed by atoms with Gasteiger partial charge >= 0.3 is 0 Å². The van der Waals surface area contributed by atoms with E-state index >= 15 is 0 Å². The molecule has 5 nitrogen and oxygen atoms in total. The minimum atomic E-state index is -0.0189. The van der Waals surface area contributed by atoms with E-state index in [9.17, 15) is 4.79 Å². The lowest BCUT2D eigenvalue weighted by molar-refractivity contribution is -0.120. The number of hydrogen-bond acceptors (Lipinski definition) is 4. The second-order valence-corrected chi connectivity index (χ2v) is 7.72. The van der Waals surface area contributed by atoms with E-state index in [1.807, 2.05) is 18.2 Å². The highest BCUT2D eigenvalue weighted by molar-refractivity contribution is 5.79. The lowest BCUT2D eigenvalue weighted by Gasteiger charge is -2.33. The van der Waals surface area contributed by atoms with E-state index < -0.39 is 0 Å². The van der Waals surface area contributed by atoms with E-state index in [0.29, 0.717) is 24.1 Å². The van der Waals surface area contributed by atoms with Gasteiger partial charge in [0.05, 0.1) is 20.6 Å². The van der Waals surface area contributed by atoms with E-state index in [2.05, 4.69) is 35.3 Å². The Hall–Kier alpha value is -2.53. The van der Waals surface area contributed by atoms with Gasteiger partial charge in [-0.3, -0.25) is 9.69 Å². The third-order valence-electron chi connectivity index (χ3n) is 5.75. The first kappa shape index (κ1) is 21.2. The number of nitrogens with zero attached hydrogens (tertiary/aromatic N) is 1. The number of carbonyl (C=O) groups excluding carboxylic acids is 1. The summed E-state index contributed by atoms with van der Waals surface area (Å²) in [4.78, 5) is 15.1. The summed E-state index contributed by atoms with van der Waals surface area (Å²) in [6, 6.07) is 14.6. The Morgan fingerprint density at radius 3 is 2.59 bits per heavy atom. The summed E-state index contributed by atoms with van der Waals surface area (Å²) in [7, 11) is 3.22. The summed E-state index contributed by atoms with van der Waals surface area (Å²) in [6.45, 7) is 4.94. The van der Waals surface area contributed by atoms with Crippen molar-refractivity contribution in [1.29, 1.82) is 0 Å². The van der Waals surface area contributed by atoms with Crippen molar-refractivity contribution < 1.29 is 14.3 Å². The first-order valence-electron chi connectivity index (χ1n) is 10.4. The highest BCUT2D eigenvalue weighted by atomic mass is 16.5. The van der Waals surface area contributed by atoms with Crippen molar-refractivity contribution >= 4 is 5.91 Å². The van der Waals surface area contributed by atoms with Gasteiger partial charge < -0.3 is 14.8 Å². The van der Waals surface area contributed by atoms with Crippen LogP contribution >= 0.6 is 0 Å². The second kappa shape index (κ2) is 10.3. The van der Waals surface area contributed by atoms with Crippen LogP contribution in [0.4, 0.5) is 0 Å². The zero-order valence-corrected chi connectivity index (χ0v) is 17.7. The highest BCUT2D eigenvalue weighted by Crippen LogP contribution is 2.25. The average Bonchev–Trinajstić information content (AvgIpc) is 2.75. The molecule has 1 N–H and O–H groups in total. The van der Waals surface area contributed by atoms with Crippen molar-refractivity contribution in [2.45, 2.75) is 51.7 Å². The average molecular weight is 397 g/mol. The molecule has 0 saturated carbocycles. The molecule has 1 saturated heterocycles. The molecule has 5 heteroatoms. The number of piperidine rings is 1. The Labute approximate surface area is 174 Å². The molecular weight excluding hydrogens is 364 g/mol. The summed E-state index contributed by atoms with van der Waals surface area (Å²) in [5.41, 5.74) is 3.32. The number of rotatable bonds is 8. The lowest BCUT2D eigenvalue weighted by Crippen LogP contribution is -2.37. The molecule has 0 bridgehead atoms. The van der Waals surface area contributed by atoms with E-state index in [0.717, 1.165) is 18.7 Å². The maximum Gasteiger partial charge on any atom is 0.224 e. The fraction of sp³-hybridized carbons (Fsp3) is 0.458. The Bertz CT molecular complexity index is 822. The number of ether oxygens (including phenoxy) is 2. The first-order valence-corrected chi connectivity index (χ1v) is 10.4. The van der Waals surface area contributed by atoms with Crippen molar-refractivity contribution in [3.05, 3.63) is 59.2 Å². The van der Waals surface area contributed by atoms with E-state index in [-0.39, 0.29) is 12.3 Å². The number of hydrogen-bond donors (Lipinski definition) is 1. The number of likely N-dealkylation sites (tertiary alicyclic amines) is 1. The molecule has 2 aromatic carbocycles. The molecule has 2 aromatic rings. The van der Waals surface area contributed by atoms with Gasteiger partial charge in [0.15, 0.2) is 0 Å². The predicted octanol–water partition coefficient (Wildman–Crippen LogP) is 3.94. The molecule has 29 heavy (non-hydrogen) atoms. The Morgan fingerprint density at radius 2 is 1.86 bits per heavy atom. The van der Waals surface area contributed by atoms with Crippen molar-refractivity contribution in [3.8, 4) is 11.5 Å². The smallest absolute Gasteiger partial charge is 0.224 e. The van der Waals surface area contributed by atoms with Gasteiger partial charge in [0.1, 0.15) is 11.5 Å². The van der Waals surface area contributed by atoms with Crippen LogP contribution in [0.1, 0.15) is 42.9 Å². The zero-order valence-electron chi connectivity index (χ0n) is 17.7. The fourth-order valence-corrected chi connectivity index (χ4v) is 3.92. The topological polar surface area (TPSA) is 50.8 Å². The molecule has 156 valence electrons. The largest absolute Gasteiger partial charge is 0.497 e. The Morgan fingerprint density at radius 1 is 1.07 bits per heavy atom. The summed E-state index contributed by atoms with van der Waals surface area (Å²) in [5.74, 6) is 1.36. The quantitative estimate of drug-likeness (QED) is 0.734. The van der Waals surface area contributed by atoms with E-state index in [1.165, 1.54) is 30.4 Å². The van der Waals surface area contributed by atoms with Crippen LogP contribution in [0.2, 0.25) is 0 Å².